The summed E-state index contributed by atoms with van der Waals surface area (Å²) in [6.07, 6.45) is 2.39. The molecular formula is C19H30ClIN4O. The maximum atomic E-state index is 6.29. The third-order valence-corrected chi connectivity index (χ3v) is 5.53. The van der Waals surface area contributed by atoms with Gasteiger partial charge in [-0.1, -0.05) is 30.7 Å². The molecule has 1 aromatic carbocycles. The minimum absolute atomic E-state index is 0. The number of halogens is 2. The lowest BCUT2D eigenvalue weighted by Gasteiger charge is -2.35. The molecule has 1 atom stereocenters. The molecule has 0 bridgehead atoms. The monoisotopic (exact) mass is 492 g/mol. The fourth-order valence-corrected chi connectivity index (χ4v) is 3.65. The van der Waals surface area contributed by atoms with Crippen molar-refractivity contribution in [2.45, 2.75) is 25.8 Å². The second-order valence-electron chi connectivity index (χ2n) is 7.08. The Balaban J connectivity index is 0.00000243. The predicted octanol–water partition coefficient (Wildman–Crippen LogP) is 3.38. The fraction of sp³-hybridized carbons (Fsp3) is 0.632. The molecule has 1 aromatic rings. The van der Waals surface area contributed by atoms with Crippen LogP contribution in [0.15, 0.2) is 29.3 Å². The van der Waals surface area contributed by atoms with Gasteiger partial charge in [0.05, 0.1) is 25.8 Å². The first-order chi connectivity index (χ1) is 12.1. The summed E-state index contributed by atoms with van der Waals surface area (Å²) in [6.45, 7) is 8.38. The Morgan fingerprint density at radius 3 is 2.42 bits per heavy atom. The molecule has 2 N–H and O–H groups in total. The molecule has 26 heavy (non-hydrogen) atoms. The number of ether oxygens (including phenoxy) is 1. The normalized spacial score (nSPS) is 21.3. The van der Waals surface area contributed by atoms with Gasteiger partial charge >= 0.3 is 0 Å². The van der Waals surface area contributed by atoms with Gasteiger partial charge in [0.2, 0.25) is 0 Å². The molecule has 0 amide bonds. The molecule has 2 aliphatic heterocycles. The van der Waals surface area contributed by atoms with E-state index < -0.39 is 0 Å². The average molecular weight is 493 g/mol. The fourth-order valence-electron chi connectivity index (χ4n) is 3.52. The lowest BCUT2D eigenvalue weighted by molar-refractivity contribution is 0.0179. The van der Waals surface area contributed by atoms with Gasteiger partial charge in [-0.25, -0.2) is 0 Å². The number of hydrogen-bond donors (Lipinski definition) is 1. The van der Waals surface area contributed by atoms with Crippen molar-refractivity contribution in [1.82, 2.24) is 9.80 Å². The van der Waals surface area contributed by atoms with Crippen LogP contribution in [0.2, 0.25) is 5.02 Å². The van der Waals surface area contributed by atoms with E-state index in [0.29, 0.717) is 12.5 Å². The standard InChI is InChI=1S/C19H29ClN4O.HI/c1-15-6-8-24(9-7-15)19(21)22-14-18(23-10-12-25-13-11-23)16-2-4-17(20)5-3-16;/h2-5,15,18H,6-14H2,1H3,(H2,21,22);1H. The minimum atomic E-state index is 0. The van der Waals surface area contributed by atoms with Crippen molar-refractivity contribution in [3.8, 4) is 0 Å². The number of hydrogen-bond acceptors (Lipinski definition) is 3. The van der Waals surface area contributed by atoms with Crippen molar-refractivity contribution in [3.63, 3.8) is 0 Å². The Hall–Kier alpha value is -0.570. The summed E-state index contributed by atoms with van der Waals surface area (Å²) >= 11 is 6.06. The number of rotatable bonds is 4. The van der Waals surface area contributed by atoms with E-state index in [4.69, 9.17) is 27.1 Å². The van der Waals surface area contributed by atoms with Crippen LogP contribution < -0.4 is 5.73 Å². The van der Waals surface area contributed by atoms with E-state index in [1.165, 1.54) is 18.4 Å². The van der Waals surface area contributed by atoms with E-state index in [0.717, 1.165) is 50.3 Å². The van der Waals surface area contributed by atoms with E-state index in [9.17, 15) is 0 Å². The maximum Gasteiger partial charge on any atom is 0.191 e. The van der Waals surface area contributed by atoms with Crippen LogP contribution in [0.3, 0.4) is 0 Å². The molecule has 2 fully saturated rings. The van der Waals surface area contributed by atoms with Gasteiger partial charge in [-0.2, -0.15) is 0 Å². The molecule has 2 aliphatic rings. The second kappa shape index (κ2) is 10.7. The zero-order valence-electron chi connectivity index (χ0n) is 15.4. The highest BCUT2D eigenvalue weighted by atomic mass is 127. The maximum absolute atomic E-state index is 6.29. The average Bonchev–Trinajstić information content (AvgIpc) is 2.64. The van der Waals surface area contributed by atoms with Crippen LogP contribution >= 0.6 is 35.6 Å². The summed E-state index contributed by atoms with van der Waals surface area (Å²) in [7, 11) is 0. The van der Waals surface area contributed by atoms with E-state index in [1.54, 1.807) is 0 Å². The first-order valence-electron chi connectivity index (χ1n) is 9.25. The van der Waals surface area contributed by atoms with Crippen LogP contribution in [-0.4, -0.2) is 61.7 Å². The Labute approximate surface area is 178 Å². The van der Waals surface area contributed by atoms with Gasteiger partial charge in [-0.15, -0.1) is 24.0 Å². The Bertz CT molecular complexity index is 569. The van der Waals surface area contributed by atoms with Crippen LogP contribution in [0.4, 0.5) is 0 Å². The largest absolute Gasteiger partial charge is 0.379 e. The molecule has 146 valence electrons. The number of nitrogens with two attached hydrogens (primary N) is 1. The molecule has 2 saturated heterocycles. The van der Waals surface area contributed by atoms with Crippen LogP contribution in [-0.2, 0) is 4.74 Å². The molecule has 5 nitrogen and oxygen atoms in total. The number of morpholine rings is 1. The summed E-state index contributed by atoms with van der Waals surface area (Å²) in [5.41, 5.74) is 7.52. The molecule has 0 aromatic heterocycles. The van der Waals surface area contributed by atoms with E-state index in [-0.39, 0.29) is 30.0 Å². The van der Waals surface area contributed by atoms with Gasteiger partial charge in [0, 0.05) is 31.2 Å². The molecule has 0 radical (unpaired) electrons. The molecule has 0 saturated carbocycles. The molecule has 1 unspecified atom stereocenters. The molecule has 2 heterocycles. The van der Waals surface area contributed by atoms with Crippen LogP contribution in [0.1, 0.15) is 31.4 Å². The molecule has 3 rings (SSSR count). The third-order valence-electron chi connectivity index (χ3n) is 5.28. The quantitative estimate of drug-likeness (QED) is 0.398. The summed E-state index contributed by atoms with van der Waals surface area (Å²) < 4.78 is 5.50. The molecule has 7 heteroatoms. The Kier molecular flexibility index (Phi) is 8.93. The number of piperidine rings is 1. The highest BCUT2D eigenvalue weighted by Gasteiger charge is 2.23. The van der Waals surface area contributed by atoms with Crippen LogP contribution in [0.25, 0.3) is 0 Å². The van der Waals surface area contributed by atoms with Crippen molar-refractivity contribution in [1.29, 1.82) is 0 Å². The van der Waals surface area contributed by atoms with Crippen molar-refractivity contribution in [2.75, 3.05) is 45.9 Å². The number of likely N-dealkylation sites (tertiary alicyclic amines) is 1. The first kappa shape index (κ1) is 21.7. The minimum Gasteiger partial charge on any atom is -0.379 e. The van der Waals surface area contributed by atoms with Gasteiger partial charge in [0.15, 0.2) is 5.96 Å². The van der Waals surface area contributed by atoms with Crippen molar-refractivity contribution in [2.24, 2.45) is 16.6 Å². The first-order valence-corrected chi connectivity index (χ1v) is 9.63. The van der Waals surface area contributed by atoms with Crippen molar-refractivity contribution < 1.29 is 4.74 Å². The van der Waals surface area contributed by atoms with Gasteiger partial charge in [-0.05, 0) is 36.5 Å². The Morgan fingerprint density at radius 2 is 1.81 bits per heavy atom. The number of guanidine groups is 1. The van der Waals surface area contributed by atoms with Gasteiger partial charge in [0.25, 0.3) is 0 Å². The van der Waals surface area contributed by atoms with Crippen molar-refractivity contribution >= 4 is 41.5 Å². The summed E-state index contributed by atoms with van der Waals surface area (Å²) in [6, 6.07) is 8.30. The lowest BCUT2D eigenvalue weighted by atomic mass is 10.00. The summed E-state index contributed by atoms with van der Waals surface area (Å²) in [4.78, 5) is 9.40. The van der Waals surface area contributed by atoms with E-state index in [2.05, 4.69) is 28.9 Å². The van der Waals surface area contributed by atoms with E-state index >= 15 is 0 Å². The van der Waals surface area contributed by atoms with Crippen LogP contribution in [0.5, 0.6) is 0 Å². The lowest BCUT2D eigenvalue weighted by Crippen LogP contribution is -2.44. The van der Waals surface area contributed by atoms with Gasteiger partial charge in [0.1, 0.15) is 0 Å². The van der Waals surface area contributed by atoms with Gasteiger partial charge < -0.3 is 15.4 Å². The molecule has 0 spiro atoms. The zero-order chi connectivity index (χ0) is 17.6. The van der Waals surface area contributed by atoms with Gasteiger partial charge in [-0.3, -0.25) is 9.89 Å². The van der Waals surface area contributed by atoms with Crippen molar-refractivity contribution in [3.05, 3.63) is 34.9 Å². The Morgan fingerprint density at radius 1 is 1.19 bits per heavy atom. The summed E-state index contributed by atoms with van der Waals surface area (Å²) in [5.74, 6) is 1.47. The molecule has 0 aliphatic carbocycles. The number of aliphatic imine (C=N–C) groups is 1. The predicted molar refractivity (Wildman–Crippen MR) is 118 cm³/mol. The second-order valence-corrected chi connectivity index (χ2v) is 7.52. The summed E-state index contributed by atoms with van der Waals surface area (Å²) in [5, 5.41) is 0.759. The highest BCUT2D eigenvalue weighted by Crippen LogP contribution is 2.24. The topological polar surface area (TPSA) is 54.1 Å². The smallest absolute Gasteiger partial charge is 0.191 e. The number of benzene rings is 1. The highest BCUT2D eigenvalue weighted by molar-refractivity contribution is 14.0. The molecular weight excluding hydrogens is 463 g/mol. The zero-order valence-corrected chi connectivity index (χ0v) is 18.5. The van der Waals surface area contributed by atoms with E-state index in [1.807, 2.05) is 12.1 Å². The number of nitrogens with zero attached hydrogens (tertiary/aromatic N) is 3. The SMILES string of the molecule is CC1CCN(C(N)=NCC(c2ccc(Cl)cc2)N2CCOCC2)CC1.I. The van der Waals surface area contributed by atoms with Crippen LogP contribution in [0, 0.1) is 5.92 Å². The third kappa shape index (κ3) is 5.97.